The van der Waals surface area contributed by atoms with E-state index in [2.05, 4.69) is 10.3 Å². The zero-order valence-corrected chi connectivity index (χ0v) is 12.9. The molecule has 1 N–H and O–H groups in total. The maximum Gasteiger partial charge on any atom is 0.269 e. The number of nitrogens with one attached hydrogen (secondary N) is 1. The van der Waals surface area contributed by atoms with Crippen molar-refractivity contribution in [2.24, 2.45) is 0 Å². The molecule has 1 aromatic carbocycles. The van der Waals surface area contributed by atoms with E-state index in [1.54, 1.807) is 35.2 Å². The van der Waals surface area contributed by atoms with Crippen LogP contribution >= 0.6 is 23.1 Å². The Balaban J connectivity index is 2.18. The topological polar surface area (TPSA) is 68.1 Å². The molecule has 0 aliphatic heterocycles. The van der Waals surface area contributed by atoms with Gasteiger partial charge < -0.3 is 5.32 Å². The van der Waals surface area contributed by atoms with Gasteiger partial charge in [0, 0.05) is 41.2 Å². The minimum atomic E-state index is -0.364. The molecule has 7 heteroatoms. The van der Waals surface area contributed by atoms with Crippen LogP contribution in [0.1, 0.15) is 18.2 Å². The summed E-state index contributed by atoms with van der Waals surface area (Å²) in [6.07, 6.45) is 0. The minimum absolute atomic E-state index is 0.123. The highest BCUT2D eigenvalue weighted by Crippen LogP contribution is 2.31. The van der Waals surface area contributed by atoms with Crippen molar-refractivity contribution in [3.63, 3.8) is 0 Å². The quantitative estimate of drug-likeness (QED) is 0.494. The average molecular weight is 309 g/mol. The SMILES string of the molecule is CCNc1ccc([N+](=O)[O-])cc1CSc1nc(C)cs1. The molecule has 1 heterocycles. The molecule has 0 radical (unpaired) electrons. The number of benzene rings is 1. The Labute approximate surface area is 125 Å². The predicted molar refractivity (Wildman–Crippen MR) is 83.7 cm³/mol. The Kier molecular flexibility index (Phi) is 4.97. The largest absolute Gasteiger partial charge is 0.385 e. The Hall–Kier alpha value is -1.60. The van der Waals surface area contributed by atoms with Crippen molar-refractivity contribution in [2.45, 2.75) is 23.9 Å². The molecule has 2 aromatic rings. The van der Waals surface area contributed by atoms with Gasteiger partial charge in [-0.25, -0.2) is 4.98 Å². The van der Waals surface area contributed by atoms with E-state index in [4.69, 9.17) is 0 Å². The second-order valence-corrected chi connectivity index (χ2v) is 6.25. The normalized spacial score (nSPS) is 10.5. The van der Waals surface area contributed by atoms with E-state index in [-0.39, 0.29) is 10.6 Å². The van der Waals surface area contributed by atoms with Gasteiger partial charge in [0.2, 0.25) is 0 Å². The van der Waals surface area contributed by atoms with E-state index in [0.29, 0.717) is 5.75 Å². The number of nitro groups is 1. The third-order valence-electron chi connectivity index (χ3n) is 2.62. The molecule has 0 saturated heterocycles. The second-order valence-electron chi connectivity index (χ2n) is 4.17. The summed E-state index contributed by atoms with van der Waals surface area (Å²) in [5.41, 5.74) is 3.00. The number of hydrogen-bond acceptors (Lipinski definition) is 6. The Morgan fingerprint density at radius 3 is 2.90 bits per heavy atom. The summed E-state index contributed by atoms with van der Waals surface area (Å²) in [7, 11) is 0. The number of nitro benzene ring substituents is 1. The van der Waals surface area contributed by atoms with Crippen molar-refractivity contribution in [3.05, 3.63) is 45.0 Å². The fourth-order valence-electron chi connectivity index (χ4n) is 1.71. The van der Waals surface area contributed by atoms with Gasteiger partial charge >= 0.3 is 0 Å². The third kappa shape index (κ3) is 3.71. The van der Waals surface area contributed by atoms with Gasteiger partial charge in [-0.3, -0.25) is 10.1 Å². The zero-order chi connectivity index (χ0) is 14.5. The van der Waals surface area contributed by atoms with Gasteiger partial charge in [-0.2, -0.15) is 0 Å². The van der Waals surface area contributed by atoms with E-state index in [9.17, 15) is 10.1 Å². The van der Waals surface area contributed by atoms with E-state index in [1.165, 1.54) is 6.07 Å². The molecule has 0 fully saturated rings. The molecule has 0 atom stereocenters. The summed E-state index contributed by atoms with van der Waals surface area (Å²) in [4.78, 5) is 14.9. The molecule has 20 heavy (non-hydrogen) atoms. The van der Waals surface area contributed by atoms with Crippen molar-refractivity contribution in [2.75, 3.05) is 11.9 Å². The van der Waals surface area contributed by atoms with Gasteiger partial charge in [-0.05, 0) is 25.5 Å². The molecule has 0 spiro atoms. The van der Waals surface area contributed by atoms with Crippen LogP contribution in [0.25, 0.3) is 0 Å². The molecule has 0 aliphatic rings. The minimum Gasteiger partial charge on any atom is -0.385 e. The standard InChI is InChI=1S/C13H15N3O2S2/c1-3-14-12-5-4-11(16(17)18)6-10(12)8-20-13-15-9(2)7-19-13/h4-7,14H,3,8H2,1-2H3. The zero-order valence-electron chi connectivity index (χ0n) is 11.3. The molecular weight excluding hydrogens is 294 g/mol. The van der Waals surface area contributed by atoms with Crippen LogP contribution in [0.15, 0.2) is 27.9 Å². The number of aromatic nitrogens is 1. The number of nitrogens with zero attached hydrogens (tertiary/aromatic N) is 2. The molecule has 1 aromatic heterocycles. The van der Waals surface area contributed by atoms with Crippen LogP contribution in [-0.4, -0.2) is 16.5 Å². The second kappa shape index (κ2) is 6.71. The summed E-state index contributed by atoms with van der Waals surface area (Å²) >= 11 is 3.20. The van der Waals surface area contributed by atoms with E-state index < -0.39 is 0 Å². The predicted octanol–water partition coefficient (Wildman–Crippen LogP) is 4.08. The van der Waals surface area contributed by atoms with Gasteiger partial charge in [0.25, 0.3) is 5.69 Å². The van der Waals surface area contributed by atoms with Crippen LogP contribution < -0.4 is 5.32 Å². The van der Waals surface area contributed by atoms with Gasteiger partial charge in [-0.15, -0.1) is 11.3 Å². The number of non-ortho nitro benzene ring substituents is 1. The fraction of sp³-hybridized carbons (Fsp3) is 0.308. The van der Waals surface area contributed by atoms with Crippen LogP contribution in [0, 0.1) is 17.0 Å². The lowest BCUT2D eigenvalue weighted by Crippen LogP contribution is -2.01. The third-order valence-corrected chi connectivity index (χ3v) is 4.80. The lowest BCUT2D eigenvalue weighted by atomic mass is 10.2. The van der Waals surface area contributed by atoms with E-state index >= 15 is 0 Å². The maximum atomic E-state index is 10.9. The van der Waals surface area contributed by atoms with Crippen LogP contribution in [0.3, 0.4) is 0 Å². The first-order valence-electron chi connectivity index (χ1n) is 6.16. The molecule has 0 unspecified atom stereocenters. The maximum absolute atomic E-state index is 10.9. The lowest BCUT2D eigenvalue weighted by Gasteiger charge is -2.09. The average Bonchev–Trinajstić information content (AvgIpc) is 2.83. The van der Waals surface area contributed by atoms with E-state index in [1.807, 2.05) is 19.2 Å². The highest BCUT2D eigenvalue weighted by Gasteiger charge is 2.11. The number of thioether (sulfide) groups is 1. The van der Waals surface area contributed by atoms with Crippen molar-refractivity contribution in [3.8, 4) is 0 Å². The van der Waals surface area contributed by atoms with Gasteiger partial charge in [-0.1, -0.05) is 11.8 Å². The summed E-state index contributed by atoms with van der Waals surface area (Å²) in [5.74, 6) is 0.664. The summed E-state index contributed by atoms with van der Waals surface area (Å²) in [6, 6.07) is 4.93. The molecule has 0 aliphatic carbocycles. The highest BCUT2D eigenvalue weighted by atomic mass is 32.2. The van der Waals surface area contributed by atoms with Crippen LogP contribution in [0.4, 0.5) is 11.4 Å². The fourth-order valence-corrected chi connectivity index (χ4v) is 3.55. The molecule has 0 bridgehead atoms. The Morgan fingerprint density at radius 1 is 1.50 bits per heavy atom. The van der Waals surface area contributed by atoms with Crippen molar-refractivity contribution in [1.82, 2.24) is 4.98 Å². The molecule has 106 valence electrons. The van der Waals surface area contributed by atoms with Crippen LogP contribution in [0.5, 0.6) is 0 Å². The van der Waals surface area contributed by atoms with Crippen molar-refractivity contribution >= 4 is 34.5 Å². The Bertz CT molecular complexity index is 613. The molecule has 0 saturated carbocycles. The number of anilines is 1. The monoisotopic (exact) mass is 309 g/mol. The van der Waals surface area contributed by atoms with Crippen LogP contribution in [0.2, 0.25) is 0 Å². The van der Waals surface area contributed by atoms with Gasteiger partial charge in [0.1, 0.15) is 4.34 Å². The number of thiazole rings is 1. The molecule has 2 rings (SSSR count). The molecule has 0 amide bonds. The van der Waals surface area contributed by atoms with Gasteiger partial charge in [0.15, 0.2) is 0 Å². The summed E-state index contributed by atoms with van der Waals surface area (Å²) in [5, 5.41) is 16.1. The van der Waals surface area contributed by atoms with Crippen LogP contribution in [-0.2, 0) is 5.75 Å². The Morgan fingerprint density at radius 2 is 2.30 bits per heavy atom. The lowest BCUT2D eigenvalue weighted by molar-refractivity contribution is -0.384. The first kappa shape index (κ1) is 14.8. The summed E-state index contributed by atoms with van der Waals surface area (Å²) in [6.45, 7) is 4.74. The van der Waals surface area contributed by atoms with E-state index in [0.717, 1.165) is 27.8 Å². The number of hydrogen-bond donors (Lipinski definition) is 1. The van der Waals surface area contributed by atoms with Gasteiger partial charge in [0.05, 0.1) is 4.92 Å². The highest BCUT2D eigenvalue weighted by molar-refractivity contribution is 8.00. The molecular formula is C13H15N3O2S2. The van der Waals surface area contributed by atoms with Crippen molar-refractivity contribution < 1.29 is 4.92 Å². The van der Waals surface area contributed by atoms with Crippen molar-refractivity contribution in [1.29, 1.82) is 0 Å². The number of aryl methyl sites for hydroxylation is 1. The summed E-state index contributed by atoms with van der Waals surface area (Å²) < 4.78 is 0.983. The molecule has 5 nitrogen and oxygen atoms in total. The number of rotatable bonds is 6. The smallest absolute Gasteiger partial charge is 0.269 e. The first-order valence-corrected chi connectivity index (χ1v) is 8.02. The first-order chi connectivity index (χ1) is 9.60.